The topological polar surface area (TPSA) is 79.7 Å². The maximum absolute atomic E-state index is 14.7. The van der Waals surface area contributed by atoms with Gasteiger partial charge in [-0.2, -0.15) is 0 Å². The molecule has 1 fully saturated rings. The zero-order valence-corrected chi connectivity index (χ0v) is 17.4. The maximum atomic E-state index is 14.7. The van der Waals surface area contributed by atoms with Gasteiger partial charge in [-0.1, -0.05) is 23.4 Å². The molecule has 4 rings (SSSR count). The molecule has 0 amide bonds. The zero-order chi connectivity index (χ0) is 21.7. The lowest BCUT2D eigenvalue weighted by molar-refractivity contribution is 0.373. The predicted octanol–water partition coefficient (Wildman–Crippen LogP) is 3.51. The third kappa shape index (κ3) is 3.41. The van der Waals surface area contributed by atoms with Gasteiger partial charge >= 0.3 is 0 Å². The number of aliphatic imine (C=N–C) groups is 1. The molecule has 8 heteroatoms. The Hall–Kier alpha value is -2.66. The van der Waals surface area contributed by atoms with Crippen LogP contribution < -0.4 is 16.8 Å². The highest BCUT2D eigenvalue weighted by molar-refractivity contribution is 6.31. The number of anilines is 2. The van der Waals surface area contributed by atoms with E-state index in [1.165, 1.54) is 12.4 Å². The average molecular weight is 430 g/mol. The third-order valence-corrected chi connectivity index (χ3v) is 6.04. The van der Waals surface area contributed by atoms with Crippen molar-refractivity contribution in [3.63, 3.8) is 0 Å². The van der Waals surface area contributed by atoms with Crippen LogP contribution in [-0.2, 0) is 5.66 Å². The van der Waals surface area contributed by atoms with Gasteiger partial charge in [0.25, 0.3) is 0 Å². The van der Waals surface area contributed by atoms with E-state index in [0.29, 0.717) is 22.5 Å². The SMILES string of the molecule is CN1CCC(C)(C#Cc2cc3c(cc2N)C(N)(c2ccc(F)c(Cl)c2F)N=CN3)C1. The van der Waals surface area contributed by atoms with Crippen LogP contribution in [0.15, 0.2) is 29.3 Å². The number of likely N-dealkylation sites (tertiary alicyclic amines) is 1. The van der Waals surface area contributed by atoms with Gasteiger partial charge in [0.2, 0.25) is 0 Å². The highest BCUT2D eigenvalue weighted by atomic mass is 35.5. The molecule has 2 aliphatic rings. The van der Waals surface area contributed by atoms with Gasteiger partial charge in [-0.15, -0.1) is 0 Å². The highest BCUT2D eigenvalue weighted by Crippen LogP contribution is 2.40. The van der Waals surface area contributed by atoms with Crippen molar-refractivity contribution in [2.45, 2.75) is 19.0 Å². The fourth-order valence-corrected chi connectivity index (χ4v) is 4.14. The lowest BCUT2D eigenvalue weighted by Crippen LogP contribution is -2.40. The van der Waals surface area contributed by atoms with E-state index in [2.05, 4.69) is 41.0 Å². The number of benzene rings is 2. The van der Waals surface area contributed by atoms with Gasteiger partial charge < -0.3 is 16.0 Å². The Morgan fingerprint density at radius 3 is 2.73 bits per heavy atom. The summed E-state index contributed by atoms with van der Waals surface area (Å²) < 4.78 is 28.4. The summed E-state index contributed by atoms with van der Waals surface area (Å²) in [6.07, 6.45) is 2.36. The van der Waals surface area contributed by atoms with Crippen LogP contribution in [-0.4, -0.2) is 31.4 Å². The molecular formula is C22H22ClF2N5. The lowest BCUT2D eigenvalue weighted by atomic mass is 9.87. The Labute approximate surface area is 179 Å². The van der Waals surface area contributed by atoms with Gasteiger partial charge in [0.1, 0.15) is 10.8 Å². The fourth-order valence-electron chi connectivity index (χ4n) is 3.98. The molecular weight excluding hydrogens is 408 g/mol. The van der Waals surface area contributed by atoms with Gasteiger partial charge in [0.15, 0.2) is 11.5 Å². The molecule has 1 saturated heterocycles. The van der Waals surface area contributed by atoms with Gasteiger partial charge in [0.05, 0.1) is 6.34 Å². The van der Waals surface area contributed by atoms with E-state index in [-0.39, 0.29) is 11.0 Å². The first-order valence-electron chi connectivity index (χ1n) is 9.52. The molecule has 2 heterocycles. The normalized spacial score (nSPS) is 25.4. The minimum atomic E-state index is -1.61. The van der Waals surface area contributed by atoms with Crippen molar-refractivity contribution in [3.8, 4) is 11.8 Å². The van der Waals surface area contributed by atoms with Crippen molar-refractivity contribution < 1.29 is 8.78 Å². The van der Waals surface area contributed by atoms with Crippen LogP contribution in [0, 0.1) is 28.9 Å². The number of rotatable bonds is 1. The quantitative estimate of drug-likeness (QED) is 0.368. The summed E-state index contributed by atoms with van der Waals surface area (Å²) in [5.41, 5.74) is 13.1. The summed E-state index contributed by atoms with van der Waals surface area (Å²) in [6, 6.07) is 5.71. The van der Waals surface area contributed by atoms with E-state index in [9.17, 15) is 8.78 Å². The first kappa shape index (κ1) is 20.6. The Bertz CT molecular complexity index is 1120. The van der Waals surface area contributed by atoms with Crippen LogP contribution >= 0.6 is 11.6 Å². The molecule has 2 aliphatic heterocycles. The number of halogens is 3. The molecule has 5 N–H and O–H groups in total. The largest absolute Gasteiger partial charge is 0.398 e. The van der Waals surface area contributed by atoms with Crippen LogP contribution in [0.3, 0.4) is 0 Å². The van der Waals surface area contributed by atoms with Crippen molar-refractivity contribution >= 4 is 29.3 Å². The van der Waals surface area contributed by atoms with Gasteiger partial charge in [-0.3, -0.25) is 5.73 Å². The van der Waals surface area contributed by atoms with E-state index in [1.807, 2.05) is 0 Å². The van der Waals surface area contributed by atoms with E-state index in [0.717, 1.165) is 25.6 Å². The molecule has 30 heavy (non-hydrogen) atoms. The second-order valence-electron chi connectivity index (χ2n) is 8.18. The smallest absolute Gasteiger partial charge is 0.166 e. The van der Waals surface area contributed by atoms with Crippen molar-refractivity contribution in [2.24, 2.45) is 16.1 Å². The second-order valence-corrected chi connectivity index (χ2v) is 8.55. The number of nitrogens with zero attached hydrogens (tertiary/aromatic N) is 2. The predicted molar refractivity (Wildman–Crippen MR) is 116 cm³/mol. The van der Waals surface area contributed by atoms with Crippen molar-refractivity contribution in [2.75, 3.05) is 31.2 Å². The minimum absolute atomic E-state index is 0.0485. The summed E-state index contributed by atoms with van der Waals surface area (Å²) in [7, 11) is 2.07. The van der Waals surface area contributed by atoms with E-state index in [4.69, 9.17) is 23.1 Å². The Balaban J connectivity index is 1.77. The Kier molecular flexibility index (Phi) is 4.97. The molecule has 2 aromatic rings. The molecule has 0 radical (unpaired) electrons. The third-order valence-electron chi connectivity index (χ3n) is 5.70. The molecule has 0 saturated carbocycles. The maximum Gasteiger partial charge on any atom is 0.166 e. The molecule has 5 nitrogen and oxygen atoms in total. The van der Waals surface area contributed by atoms with Crippen LogP contribution in [0.4, 0.5) is 20.2 Å². The summed E-state index contributed by atoms with van der Waals surface area (Å²) in [4.78, 5) is 6.47. The molecule has 0 aliphatic carbocycles. The number of hydrogen-bond acceptors (Lipinski definition) is 5. The molecule has 0 bridgehead atoms. The summed E-state index contributed by atoms with van der Waals surface area (Å²) in [6.45, 7) is 4.03. The van der Waals surface area contributed by atoms with Crippen LogP contribution in [0.5, 0.6) is 0 Å². The molecule has 2 unspecified atom stereocenters. The number of nitrogen functional groups attached to an aromatic ring is 1. The standard InChI is InChI=1S/C22H22ClF2N5/c1-21(7-8-30(2)11-21)6-5-13-9-18-15(10-17(13)26)22(27,29-12-28-18)14-3-4-16(24)19(23)20(14)25/h3-4,9-10,12H,7-8,11,26-27H2,1-2H3,(H,28,29). The monoisotopic (exact) mass is 429 g/mol. The Morgan fingerprint density at radius 1 is 1.27 bits per heavy atom. The first-order valence-corrected chi connectivity index (χ1v) is 9.89. The van der Waals surface area contributed by atoms with Crippen LogP contribution in [0.25, 0.3) is 0 Å². The highest BCUT2D eigenvalue weighted by Gasteiger charge is 2.37. The first-order chi connectivity index (χ1) is 14.1. The minimum Gasteiger partial charge on any atom is -0.398 e. The molecule has 2 atom stereocenters. The molecule has 2 aromatic carbocycles. The van der Waals surface area contributed by atoms with Gasteiger partial charge in [0, 0.05) is 40.0 Å². The fraction of sp³-hybridized carbons (Fsp3) is 0.318. The van der Waals surface area contributed by atoms with E-state index >= 15 is 0 Å². The molecule has 0 spiro atoms. The molecule has 156 valence electrons. The summed E-state index contributed by atoms with van der Waals surface area (Å²) in [5.74, 6) is 4.71. The number of fused-ring (bicyclic) bond motifs is 1. The number of nitrogens with two attached hydrogens (primary N) is 2. The van der Waals surface area contributed by atoms with E-state index in [1.54, 1.807) is 12.1 Å². The lowest BCUT2D eigenvalue weighted by Gasteiger charge is -2.32. The van der Waals surface area contributed by atoms with Crippen molar-refractivity contribution in [1.29, 1.82) is 0 Å². The average Bonchev–Trinajstić information content (AvgIpc) is 3.04. The number of nitrogens with one attached hydrogen (secondary N) is 1. The zero-order valence-electron chi connectivity index (χ0n) is 16.7. The Morgan fingerprint density at radius 2 is 2.03 bits per heavy atom. The van der Waals surface area contributed by atoms with Crippen molar-refractivity contribution in [1.82, 2.24) is 4.90 Å². The summed E-state index contributed by atoms with van der Waals surface area (Å²) >= 11 is 5.75. The van der Waals surface area contributed by atoms with Gasteiger partial charge in [-0.25, -0.2) is 13.8 Å². The van der Waals surface area contributed by atoms with Crippen LogP contribution in [0.1, 0.15) is 30.0 Å². The summed E-state index contributed by atoms with van der Waals surface area (Å²) in [5, 5.41) is 2.39. The van der Waals surface area contributed by atoms with E-state index < -0.39 is 22.3 Å². The van der Waals surface area contributed by atoms with Gasteiger partial charge in [-0.05, 0) is 51.2 Å². The second kappa shape index (κ2) is 7.24. The number of hydrogen-bond donors (Lipinski definition) is 3. The molecule has 0 aromatic heterocycles. The van der Waals surface area contributed by atoms with Crippen molar-refractivity contribution in [3.05, 3.63) is 57.6 Å². The van der Waals surface area contributed by atoms with Crippen LogP contribution in [0.2, 0.25) is 5.02 Å².